The summed E-state index contributed by atoms with van der Waals surface area (Å²) in [5, 5.41) is 2.08. The van der Waals surface area contributed by atoms with E-state index >= 15 is 0 Å². The van der Waals surface area contributed by atoms with Crippen molar-refractivity contribution in [1.82, 2.24) is 19.5 Å². The van der Waals surface area contributed by atoms with E-state index in [-0.39, 0.29) is 31.2 Å². The second-order valence-corrected chi connectivity index (χ2v) is 12.6. The molecule has 5 aromatic carbocycles. The van der Waals surface area contributed by atoms with E-state index in [1.807, 2.05) is 36.5 Å². The smallest absolute Gasteiger partial charge is 0.145 e. The Morgan fingerprint density at radius 2 is 1.54 bits per heavy atom. The van der Waals surface area contributed by atoms with Gasteiger partial charge in [0.25, 0.3) is 0 Å². The van der Waals surface area contributed by atoms with Crippen LogP contribution in [0.3, 0.4) is 0 Å². The summed E-state index contributed by atoms with van der Waals surface area (Å²) >= 11 is 0. The van der Waals surface area contributed by atoms with Crippen molar-refractivity contribution >= 4 is 33.0 Å². The van der Waals surface area contributed by atoms with Crippen LogP contribution < -0.4 is 0 Å². The van der Waals surface area contributed by atoms with Crippen LogP contribution in [0, 0.1) is 25.8 Å². The Hall–Kier alpha value is -5.68. The fourth-order valence-corrected chi connectivity index (χ4v) is 6.20. The Morgan fingerprint density at radius 1 is 0.750 bits per heavy atom. The van der Waals surface area contributed by atoms with Gasteiger partial charge in [-0.25, -0.2) is 4.98 Å². The first-order chi connectivity index (χ1) is 27.3. The van der Waals surface area contributed by atoms with Crippen molar-refractivity contribution in [2.45, 2.75) is 33.5 Å². The van der Waals surface area contributed by atoms with Crippen LogP contribution in [0.25, 0.3) is 72.6 Å². The van der Waals surface area contributed by atoms with Gasteiger partial charge in [0.15, 0.2) is 0 Å². The summed E-state index contributed by atoms with van der Waals surface area (Å²) in [7, 11) is 0. The Morgan fingerprint density at radius 3 is 2.25 bits per heavy atom. The summed E-state index contributed by atoms with van der Waals surface area (Å²) in [6.45, 7) is 0.0393. The maximum absolute atomic E-state index is 7.28. The topological polar surface area (TPSA) is 56.7 Å². The fraction of sp³-hybridized carbons (Fsp3) is 0.109. The first kappa shape index (κ1) is 28.0. The van der Waals surface area contributed by atoms with Gasteiger partial charge in [-0.15, -0.1) is 53.6 Å². The number of aryl methyl sites for hydroxylation is 2. The van der Waals surface area contributed by atoms with Crippen LogP contribution in [0.5, 0.6) is 0 Å². The van der Waals surface area contributed by atoms with Gasteiger partial charge in [-0.2, -0.15) is 0 Å². The molecule has 0 N–H and O–H groups in total. The Bertz CT molecular complexity index is 2780. The van der Waals surface area contributed by atoms with E-state index in [1.165, 1.54) is 30.0 Å². The van der Waals surface area contributed by atoms with Crippen LogP contribution in [0.4, 0.5) is 0 Å². The molecule has 0 unspecified atom stereocenters. The number of pyridine rings is 2. The van der Waals surface area contributed by atoms with Gasteiger partial charge >= 0.3 is 0 Å². The van der Waals surface area contributed by atoms with Gasteiger partial charge in [0, 0.05) is 63.4 Å². The molecule has 0 amide bonds. The average molecular weight is 859 g/mol. The van der Waals surface area contributed by atoms with Crippen molar-refractivity contribution in [3.8, 4) is 39.6 Å². The third kappa shape index (κ3) is 6.83. The summed E-state index contributed by atoms with van der Waals surface area (Å²) < 4.78 is 52.4. The molecule has 0 saturated heterocycles. The first-order valence-electron chi connectivity index (χ1n) is 19.7. The summed E-state index contributed by atoms with van der Waals surface area (Å²) in [5.41, 5.74) is 10.2. The molecule has 257 valence electrons. The third-order valence-electron chi connectivity index (χ3n) is 8.81. The zero-order valence-corrected chi connectivity index (χ0v) is 30.8. The van der Waals surface area contributed by atoms with Crippen LogP contribution >= 0.6 is 0 Å². The van der Waals surface area contributed by atoms with Gasteiger partial charge in [0.2, 0.25) is 0 Å². The molecule has 0 atom stereocenters. The number of hydrogen-bond acceptors (Lipinski definition) is 4. The summed E-state index contributed by atoms with van der Waals surface area (Å²) in [6.07, 6.45) is 3.17. The number of benzene rings is 5. The van der Waals surface area contributed by atoms with Crippen LogP contribution in [0.2, 0.25) is 0 Å². The Kier molecular flexibility index (Phi) is 8.01. The molecule has 9 rings (SSSR count). The van der Waals surface area contributed by atoms with Crippen molar-refractivity contribution in [2.75, 3.05) is 0 Å². The molecule has 0 aliphatic carbocycles. The summed E-state index contributed by atoms with van der Waals surface area (Å²) in [6, 6.07) is 47.0. The molecular formula is C46H36IrN4O-2. The van der Waals surface area contributed by atoms with Crippen LogP contribution in [0.1, 0.15) is 44.7 Å². The fourth-order valence-electron chi connectivity index (χ4n) is 6.20. The maximum Gasteiger partial charge on any atom is 0.145 e. The molecule has 0 spiro atoms. The Labute approximate surface area is 325 Å². The predicted octanol–water partition coefficient (Wildman–Crippen LogP) is 11.7. The zero-order chi connectivity index (χ0) is 39.9. The largest absolute Gasteiger partial charge is 0.501 e. The monoisotopic (exact) mass is 859 g/mol. The van der Waals surface area contributed by atoms with Crippen molar-refractivity contribution in [3.63, 3.8) is 0 Å². The summed E-state index contributed by atoms with van der Waals surface area (Å²) in [5.74, 6) is 1.32. The van der Waals surface area contributed by atoms with Crippen LogP contribution in [-0.4, -0.2) is 19.5 Å². The second kappa shape index (κ2) is 14.9. The quantitative estimate of drug-likeness (QED) is 0.162. The number of hydrogen-bond donors (Lipinski definition) is 0. The van der Waals surface area contributed by atoms with Crippen LogP contribution in [0.15, 0.2) is 144 Å². The molecule has 4 aromatic heterocycles. The number of fused-ring (bicyclic) bond motifs is 4. The van der Waals surface area contributed by atoms with Gasteiger partial charge in [0.1, 0.15) is 11.4 Å². The third-order valence-corrected chi connectivity index (χ3v) is 8.81. The molecule has 6 heteroatoms. The molecule has 0 fully saturated rings. The molecule has 4 heterocycles. The van der Waals surface area contributed by atoms with Crippen LogP contribution in [-0.2, 0) is 20.1 Å². The minimum Gasteiger partial charge on any atom is -0.501 e. The number of imidazole rings is 1. The van der Waals surface area contributed by atoms with E-state index in [9.17, 15) is 0 Å². The average Bonchev–Trinajstić information content (AvgIpc) is 3.78. The van der Waals surface area contributed by atoms with E-state index in [0.29, 0.717) is 17.2 Å². The number of nitrogens with zero attached hydrogens (tertiary/aromatic N) is 4. The molecule has 0 bridgehead atoms. The standard InChI is InChI=1S/C33H24N3O.C13H12N.Ir/c1-21(2)23-16-17-34-28(18-23)26-15-9-14-25-27-19-29-30(20-31(27)37-32(25)26)36(24-12-7-4-8-13-24)33(35-29)22-10-5-3-6-11-22;1-10-3-6-12(7-4-10)13-8-5-11(2)9-14-13;/h3-14,16-21H,1-2H3;3-6,8-9H,1-2H3;/q2*-1;/i;1D3,2D3;. The number of aromatic nitrogens is 4. The van der Waals surface area contributed by atoms with Gasteiger partial charge < -0.3 is 14.4 Å². The Balaban J connectivity index is 0.000000208. The molecular weight excluding hydrogens is 817 g/mol. The van der Waals surface area contributed by atoms with E-state index in [1.54, 1.807) is 12.1 Å². The van der Waals surface area contributed by atoms with Gasteiger partial charge in [0.05, 0.1) is 16.6 Å². The maximum atomic E-state index is 7.28. The van der Waals surface area contributed by atoms with E-state index < -0.39 is 13.7 Å². The van der Waals surface area contributed by atoms with Gasteiger partial charge in [-0.1, -0.05) is 104 Å². The SMILES string of the molecule is CC(C)c1ccnc(-c2[c-]ccc3c2oc2cc4c(cc23)nc(-c2ccccc2)n4-c2ccccc2)c1.[2H]C([2H])([2H])c1c[c-]c(-c2ccc(C([2H])([2H])[2H])cn2)cc1.[Ir]. The minimum absolute atomic E-state index is 0. The van der Waals surface area contributed by atoms with Crippen molar-refractivity contribution in [1.29, 1.82) is 0 Å². The predicted molar refractivity (Wildman–Crippen MR) is 208 cm³/mol. The van der Waals surface area contributed by atoms with Crippen molar-refractivity contribution in [3.05, 3.63) is 169 Å². The summed E-state index contributed by atoms with van der Waals surface area (Å²) in [4.78, 5) is 13.8. The molecule has 0 aliphatic heterocycles. The number of para-hydroxylation sites is 1. The zero-order valence-electron chi connectivity index (χ0n) is 34.4. The number of rotatable bonds is 5. The first-order valence-corrected chi connectivity index (χ1v) is 16.7. The van der Waals surface area contributed by atoms with Crippen molar-refractivity contribution < 1.29 is 32.7 Å². The second-order valence-electron chi connectivity index (χ2n) is 12.6. The number of furan rings is 1. The normalized spacial score (nSPS) is 13.3. The van der Waals surface area contributed by atoms with Crippen molar-refractivity contribution in [2.24, 2.45) is 0 Å². The molecule has 0 saturated carbocycles. The van der Waals surface area contributed by atoms with Gasteiger partial charge in [-0.3, -0.25) is 4.57 Å². The van der Waals surface area contributed by atoms with Gasteiger partial charge in [-0.05, 0) is 54.0 Å². The molecule has 9 aromatic rings. The molecule has 0 aliphatic rings. The van der Waals surface area contributed by atoms with E-state index in [0.717, 1.165) is 61.3 Å². The van der Waals surface area contributed by atoms with E-state index in [2.05, 4.69) is 107 Å². The minimum atomic E-state index is -2.18. The molecule has 5 nitrogen and oxygen atoms in total. The molecule has 52 heavy (non-hydrogen) atoms. The van der Waals surface area contributed by atoms with E-state index in [4.69, 9.17) is 17.6 Å². The molecule has 1 radical (unpaired) electrons.